The first-order valence-corrected chi connectivity index (χ1v) is 12.2. The first kappa shape index (κ1) is 22.7. The monoisotopic (exact) mass is 488 g/mol. The molecule has 1 aliphatic heterocycles. The van der Waals surface area contributed by atoms with Crippen LogP contribution in [0.4, 0.5) is 16.7 Å². The Labute approximate surface area is 206 Å². The highest BCUT2D eigenvalue weighted by Crippen LogP contribution is 2.28. The van der Waals surface area contributed by atoms with Crippen molar-refractivity contribution in [3.63, 3.8) is 0 Å². The Hall–Kier alpha value is -4.05. The third kappa shape index (κ3) is 5.07. The fraction of sp³-hybridized carbons (Fsp3) is 0.240. The van der Waals surface area contributed by atoms with E-state index in [-0.39, 0.29) is 18.0 Å². The molecule has 2 atom stereocenters. The molecular formula is C25H24N6O3S. The minimum atomic E-state index is -0.457. The van der Waals surface area contributed by atoms with Crippen molar-refractivity contribution in [3.8, 4) is 22.3 Å². The topological polar surface area (TPSA) is 102 Å². The highest BCUT2D eigenvalue weighted by Gasteiger charge is 2.35. The number of hydrogen-bond acceptors (Lipinski definition) is 9. The molecule has 2 aromatic heterocycles. The lowest BCUT2D eigenvalue weighted by Crippen LogP contribution is -2.34. The smallest absolute Gasteiger partial charge is 0.417 e. The lowest BCUT2D eigenvalue weighted by molar-refractivity contribution is 0.178. The Balaban J connectivity index is 1.39. The van der Waals surface area contributed by atoms with Gasteiger partial charge in [-0.25, -0.2) is 14.7 Å². The number of hydrogen-bond donors (Lipinski definition) is 1. The lowest BCUT2D eigenvalue weighted by Gasteiger charge is -2.20. The minimum Gasteiger partial charge on any atom is -0.457 e. The van der Waals surface area contributed by atoms with Crippen molar-refractivity contribution in [3.05, 3.63) is 71.7 Å². The summed E-state index contributed by atoms with van der Waals surface area (Å²) in [5, 5.41) is 5.84. The molecule has 0 saturated carbocycles. The van der Waals surface area contributed by atoms with E-state index in [0.29, 0.717) is 23.4 Å². The second kappa shape index (κ2) is 10.1. The maximum Gasteiger partial charge on any atom is 0.417 e. The van der Waals surface area contributed by atoms with Gasteiger partial charge < -0.3 is 14.8 Å². The summed E-state index contributed by atoms with van der Waals surface area (Å²) >= 11 is 1.42. The molecule has 1 saturated heterocycles. The van der Waals surface area contributed by atoms with Crippen molar-refractivity contribution in [1.82, 2.24) is 19.9 Å². The van der Waals surface area contributed by atoms with E-state index < -0.39 is 6.09 Å². The highest BCUT2D eigenvalue weighted by atomic mass is 32.1. The number of ether oxygens (including phenoxy) is 2. The first-order valence-electron chi connectivity index (χ1n) is 11.3. The van der Waals surface area contributed by atoms with E-state index in [4.69, 9.17) is 9.47 Å². The van der Waals surface area contributed by atoms with Gasteiger partial charge in [0.15, 0.2) is 10.8 Å². The highest BCUT2D eigenvalue weighted by molar-refractivity contribution is 7.13. The van der Waals surface area contributed by atoms with E-state index in [1.807, 2.05) is 73.8 Å². The number of rotatable bonds is 8. The first-order chi connectivity index (χ1) is 17.1. The predicted octanol–water partition coefficient (Wildman–Crippen LogP) is 5.70. The summed E-state index contributed by atoms with van der Waals surface area (Å²) in [6.07, 6.45) is 1.96. The summed E-state index contributed by atoms with van der Waals surface area (Å²) in [5.41, 5.74) is 1.02. The van der Waals surface area contributed by atoms with E-state index >= 15 is 0 Å². The van der Waals surface area contributed by atoms with Gasteiger partial charge in [0.05, 0.1) is 12.1 Å². The van der Waals surface area contributed by atoms with Crippen LogP contribution >= 0.6 is 11.3 Å². The third-order valence-electron chi connectivity index (χ3n) is 5.60. The molecule has 0 bridgehead atoms. The van der Waals surface area contributed by atoms with Gasteiger partial charge >= 0.3 is 6.09 Å². The number of nitrogens with zero attached hydrogens (tertiary/aromatic N) is 5. The lowest BCUT2D eigenvalue weighted by atomic mass is 10.1. The van der Waals surface area contributed by atoms with Gasteiger partial charge in [0.25, 0.3) is 0 Å². The molecule has 0 aliphatic carbocycles. The van der Waals surface area contributed by atoms with Crippen LogP contribution in [-0.2, 0) is 4.74 Å². The molecule has 1 aliphatic rings. The summed E-state index contributed by atoms with van der Waals surface area (Å²) < 4.78 is 11.1. The third-order valence-corrected chi connectivity index (χ3v) is 6.37. The average Bonchev–Trinajstić information content (AvgIpc) is 3.55. The number of benzene rings is 2. The van der Waals surface area contributed by atoms with Crippen LogP contribution in [0.1, 0.15) is 31.9 Å². The van der Waals surface area contributed by atoms with Crippen molar-refractivity contribution in [1.29, 1.82) is 0 Å². The summed E-state index contributed by atoms with van der Waals surface area (Å²) in [6, 6.07) is 17.2. The van der Waals surface area contributed by atoms with Crippen LogP contribution in [0.15, 0.2) is 66.2 Å². The summed E-state index contributed by atoms with van der Waals surface area (Å²) in [6.45, 7) is 4.32. The van der Waals surface area contributed by atoms with Crippen molar-refractivity contribution >= 4 is 29.3 Å². The Kier molecular flexibility index (Phi) is 6.53. The van der Waals surface area contributed by atoms with Gasteiger partial charge in [-0.05, 0) is 43.2 Å². The maximum atomic E-state index is 12.4. The normalized spacial score (nSPS) is 16.1. The Morgan fingerprint density at radius 1 is 1.11 bits per heavy atom. The zero-order chi connectivity index (χ0) is 24.2. The molecule has 9 nitrogen and oxygen atoms in total. The van der Waals surface area contributed by atoms with Gasteiger partial charge in [0.2, 0.25) is 11.9 Å². The van der Waals surface area contributed by atoms with Gasteiger partial charge in [0, 0.05) is 11.6 Å². The van der Waals surface area contributed by atoms with E-state index in [1.165, 1.54) is 16.2 Å². The molecule has 0 unspecified atom stereocenters. The Morgan fingerprint density at radius 3 is 2.60 bits per heavy atom. The molecule has 1 fully saturated rings. The predicted molar refractivity (Wildman–Crippen MR) is 134 cm³/mol. The Morgan fingerprint density at radius 2 is 1.89 bits per heavy atom. The number of carbonyl (C=O) groups is 1. The molecule has 2 aromatic carbocycles. The average molecular weight is 489 g/mol. The minimum absolute atomic E-state index is 0.118. The van der Waals surface area contributed by atoms with E-state index in [1.54, 1.807) is 6.20 Å². The van der Waals surface area contributed by atoms with Gasteiger partial charge in [-0.3, -0.25) is 0 Å². The van der Waals surface area contributed by atoms with Crippen molar-refractivity contribution in [2.75, 3.05) is 16.8 Å². The van der Waals surface area contributed by atoms with Crippen LogP contribution < -0.4 is 15.0 Å². The fourth-order valence-electron chi connectivity index (χ4n) is 3.70. The quantitative estimate of drug-likeness (QED) is 0.337. The standard InChI is InChI=1S/C25H24N6O3S/c1-3-18-15-33-25(32)31(18)24-29-21(22-26-13-14-35-22)28-23(30-24)27-16(2)17-9-11-20(12-10-17)34-19-7-5-4-6-8-19/h4-14,16,18H,3,15H2,1-2H3,(H,27,28,29,30)/t16-,18-/m0/s1. The summed E-state index contributed by atoms with van der Waals surface area (Å²) in [5.74, 6) is 2.54. The van der Waals surface area contributed by atoms with Crippen molar-refractivity contribution in [2.24, 2.45) is 0 Å². The number of para-hydroxylation sites is 1. The van der Waals surface area contributed by atoms with Crippen molar-refractivity contribution < 1.29 is 14.3 Å². The molecule has 1 N–H and O–H groups in total. The summed E-state index contributed by atoms with van der Waals surface area (Å²) in [7, 11) is 0. The molecule has 3 heterocycles. The second-order valence-corrected chi connectivity index (χ2v) is 8.87. The SMILES string of the molecule is CC[C@H]1COC(=O)N1c1nc(N[C@@H](C)c2ccc(Oc3ccccc3)cc2)nc(-c2nccs2)n1. The number of carbonyl (C=O) groups excluding carboxylic acids is 1. The number of nitrogens with one attached hydrogen (secondary N) is 1. The molecular weight excluding hydrogens is 464 g/mol. The Bertz CT molecular complexity index is 1280. The van der Waals surface area contributed by atoms with Crippen molar-refractivity contribution in [2.45, 2.75) is 32.4 Å². The molecule has 178 valence electrons. The zero-order valence-electron chi connectivity index (χ0n) is 19.3. The number of thiazole rings is 1. The number of aromatic nitrogens is 4. The molecule has 4 aromatic rings. The van der Waals surface area contributed by atoms with Crippen LogP contribution in [0, 0.1) is 0 Å². The second-order valence-electron chi connectivity index (χ2n) is 7.98. The summed E-state index contributed by atoms with van der Waals surface area (Å²) in [4.78, 5) is 31.9. The molecule has 10 heteroatoms. The van der Waals surface area contributed by atoms with Gasteiger partial charge in [-0.15, -0.1) is 11.3 Å². The molecule has 1 amide bonds. The van der Waals surface area contributed by atoms with E-state index in [2.05, 4.69) is 25.3 Å². The fourth-order valence-corrected chi connectivity index (χ4v) is 4.27. The molecule has 35 heavy (non-hydrogen) atoms. The molecule has 0 radical (unpaired) electrons. The van der Waals surface area contributed by atoms with Crippen LogP contribution in [0.5, 0.6) is 11.5 Å². The van der Waals surface area contributed by atoms with E-state index in [0.717, 1.165) is 23.5 Å². The zero-order valence-corrected chi connectivity index (χ0v) is 20.1. The number of anilines is 2. The molecule has 0 spiro atoms. The van der Waals surface area contributed by atoms with E-state index in [9.17, 15) is 4.79 Å². The van der Waals surface area contributed by atoms with Crippen LogP contribution in [0.3, 0.4) is 0 Å². The van der Waals surface area contributed by atoms with Crippen LogP contribution in [0.25, 0.3) is 10.8 Å². The number of amides is 1. The van der Waals surface area contributed by atoms with Gasteiger partial charge in [-0.2, -0.15) is 15.0 Å². The number of cyclic esters (lactones) is 1. The largest absolute Gasteiger partial charge is 0.457 e. The van der Waals surface area contributed by atoms with Gasteiger partial charge in [0.1, 0.15) is 18.1 Å². The van der Waals surface area contributed by atoms with Crippen LogP contribution in [-0.4, -0.2) is 38.7 Å². The molecule has 5 rings (SSSR count). The van der Waals surface area contributed by atoms with Gasteiger partial charge in [-0.1, -0.05) is 37.3 Å². The maximum absolute atomic E-state index is 12.4. The van der Waals surface area contributed by atoms with Crippen LogP contribution in [0.2, 0.25) is 0 Å².